The number of carbonyl (C=O) groups is 1. The molecule has 0 aliphatic carbocycles. The van der Waals surface area contributed by atoms with Gasteiger partial charge in [-0.15, -0.1) is 0 Å². The summed E-state index contributed by atoms with van der Waals surface area (Å²) in [5.41, 5.74) is 13.2. The summed E-state index contributed by atoms with van der Waals surface area (Å²) in [5.74, 6) is 0.0161. The lowest BCUT2D eigenvalue weighted by Crippen LogP contribution is -2.54. The Balaban J connectivity index is 1.68. The van der Waals surface area contributed by atoms with Crippen LogP contribution in [0.1, 0.15) is 51.7 Å². The molecule has 0 bridgehead atoms. The number of carbonyl (C=O) groups excluding carboxylic acids is 1. The molecule has 5 aromatic rings. The number of hydrogen-bond donors (Lipinski definition) is 4. The van der Waals surface area contributed by atoms with Crippen LogP contribution < -0.4 is 26.8 Å². The molecule has 9 nitrogen and oxygen atoms in total. The fraction of sp³-hybridized carbons (Fsp3) is 0.353. The van der Waals surface area contributed by atoms with Gasteiger partial charge in [0.25, 0.3) is 5.56 Å². The first-order valence-corrected chi connectivity index (χ1v) is 15.9. The minimum atomic E-state index is -0.403. The van der Waals surface area contributed by atoms with Gasteiger partial charge in [0, 0.05) is 55.2 Å². The van der Waals surface area contributed by atoms with Gasteiger partial charge in [0.1, 0.15) is 0 Å². The molecule has 2 atom stereocenters. The zero-order chi connectivity index (χ0) is 31.2. The zero-order valence-electron chi connectivity index (χ0n) is 25.8. The van der Waals surface area contributed by atoms with Crippen molar-refractivity contribution < 1.29 is 4.79 Å². The van der Waals surface area contributed by atoms with Crippen LogP contribution in [-0.4, -0.2) is 46.5 Å². The minimum Gasteiger partial charge on any atom is -0.379 e. The highest BCUT2D eigenvalue weighted by Gasteiger charge is 2.34. The van der Waals surface area contributed by atoms with E-state index >= 15 is 0 Å². The van der Waals surface area contributed by atoms with Gasteiger partial charge in [-0.1, -0.05) is 81.5 Å². The number of anilines is 3. The molecule has 1 aliphatic heterocycles. The molecule has 0 spiro atoms. The van der Waals surface area contributed by atoms with Crippen molar-refractivity contribution in [2.75, 3.05) is 35.6 Å². The minimum absolute atomic E-state index is 0.0562. The molecule has 10 heteroatoms. The summed E-state index contributed by atoms with van der Waals surface area (Å²) in [6.45, 7) is 13.0. The van der Waals surface area contributed by atoms with Crippen LogP contribution in [0.3, 0.4) is 0 Å². The highest BCUT2D eigenvalue weighted by molar-refractivity contribution is 7.22. The SMILES string of the molecule is CC(=O)Nc1nc2c(CC(C)(C)C)c(N3CCNCC3C(C)c3ccccc3)c(-c3cccc4[nH]c(=O)c(N)nc34)cc2s1. The highest BCUT2D eigenvalue weighted by Crippen LogP contribution is 2.47. The molecule has 3 aromatic carbocycles. The predicted molar refractivity (Wildman–Crippen MR) is 182 cm³/mol. The Labute approximate surface area is 260 Å². The number of nitrogens with two attached hydrogens (primary N) is 1. The van der Waals surface area contributed by atoms with Gasteiger partial charge >= 0.3 is 0 Å². The smallest absolute Gasteiger partial charge is 0.290 e. The number of aromatic amines is 1. The maximum Gasteiger partial charge on any atom is 0.290 e. The number of benzene rings is 3. The van der Waals surface area contributed by atoms with E-state index < -0.39 is 5.56 Å². The number of fused-ring (bicyclic) bond motifs is 2. The Kier molecular flexibility index (Phi) is 7.89. The monoisotopic (exact) mass is 609 g/mol. The van der Waals surface area contributed by atoms with Gasteiger partial charge in [-0.05, 0) is 29.5 Å². The number of aromatic nitrogens is 3. The number of hydrogen-bond acceptors (Lipinski definition) is 8. The quantitative estimate of drug-likeness (QED) is 0.188. The molecule has 1 saturated heterocycles. The molecule has 0 radical (unpaired) electrons. The summed E-state index contributed by atoms with van der Waals surface area (Å²) in [6, 6.07) is 18.8. The lowest BCUT2D eigenvalue weighted by molar-refractivity contribution is -0.114. The predicted octanol–water partition coefficient (Wildman–Crippen LogP) is 5.91. The third-order valence-corrected chi connectivity index (χ3v) is 9.18. The Morgan fingerprint density at radius 2 is 1.89 bits per heavy atom. The number of H-pyrrole nitrogens is 1. The van der Waals surface area contributed by atoms with E-state index in [1.54, 1.807) is 0 Å². The van der Waals surface area contributed by atoms with Crippen LogP contribution in [0.15, 0.2) is 59.4 Å². The van der Waals surface area contributed by atoms with Crippen LogP contribution in [-0.2, 0) is 11.2 Å². The highest BCUT2D eigenvalue weighted by atomic mass is 32.1. The van der Waals surface area contributed by atoms with Crippen molar-refractivity contribution in [3.63, 3.8) is 0 Å². The lowest BCUT2D eigenvalue weighted by Gasteiger charge is -2.43. The molecule has 1 amide bonds. The number of para-hydroxylation sites is 1. The van der Waals surface area contributed by atoms with Crippen molar-refractivity contribution in [2.24, 2.45) is 5.41 Å². The standard InChI is InChI=1S/C34H39N7O2S/c1-19(21-10-7-6-8-11-21)26-18-36-14-15-41(26)30-23(22-12-9-13-25-28(22)39-31(35)32(43)38-25)16-27-29(24(30)17-34(3,4)5)40-33(44-27)37-20(2)42/h6-13,16,19,26,36H,14-15,17-18H2,1-5H3,(H2,35,39)(H,38,43)(H,37,40,42). The Hall–Kier alpha value is -4.28. The van der Waals surface area contributed by atoms with Gasteiger partial charge in [0.05, 0.1) is 26.9 Å². The zero-order valence-corrected chi connectivity index (χ0v) is 26.6. The average molecular weight is 610 g/mol. The molecule has 1 aliphatic rings. The summed E-state index contributed by atoms with van der Waals surface area (Å²) in [5, 5.41) is 7.13. The van der Waals surface area contributed by atoms with Gasteiger partial charge in [-0.3, -0.25) is 9.59 Å². The number of piperazine rings is 1. The first-order valence-electron chi connectivity index (χ1n) is 15.1. The van der Waals surface area contributed by atoms with E-state index in [9.17, 15) is 9.59 Å². The van der Waals surface area contributed by atoms with Crippen molar-refractivity contribution >= 4 is 55.1 Å². The molecule has 1 fully saturated rings. The number of thiazole rings is 1. The fourth-order valence-corrected chi connectivity index (χ4v) is 7.31. The normalized spacial score (nSPS) is 16.4. The van der Waals surface area contributed by atoms with Crippen molar-refractivity contribution in [3.05, 3.63) is 76.1 Å². The third-order valence-electron chi connectivity index (χ3n) is 8.26. The molecular formula is C34H39N7O2S. The number of nitrogens with one attached hydrogen (secondary N) is 3. The van der Waals surface area contributed by atoms with Gasteiger partial charge in [0.2, 0.25) is 5.91 Å². The molecule has 0 saturated carbocycles. The number of nitrogen functional groups attached to an aromatic ring is 1. The van der Waals surface area contributed by atoms with Crippen LogP contribution in [0.2, 0.25) is 0 Å². The molecule has 6 rings (SSSR count). The molecule has 2 unspecified atom stereocenters. The fourth-order valence-electron chi connectivity index (χ4n) is 6.32. The van der Waals surface area contributed by atoms with Gasteiger partial charge in [-0.2, -0.15) is 0 Å². The molecule has 44 heavy (non-hydrogen) atoms. The van der Waals surface area contributed by atoms with Crippen LogP contribution in [0.5, 0.6) is 0 Å². The number of amides is 1. The maximum atomic E-state index is 12.4. The maximum absolute atomic E-state index is 12.4. The van der Waals surface area contributed by atoms with Gasteiger partial charge in [-0.25, -0.2) is 9.97 Å². The largest absolute Gasteiger partial charge is 0.379 e. The van der Waals surface area contributed by atoms with E-state index in [-0.39, 0.29) is 29.1 Å². The summed E-state index contributed by atoms with van der Waals surface area (Å²) >= 11 is 1.47. The summed E-state index contributed by atoms with van der Waals surface area (Å²) in [6.07, 6.45) is 0.767. The lowest BCUT2D eigenvalue weighted by atomic mass is 9.83. The Morgan fingerprint density at radius 1 is 1.11 bits per heavy atom. The number of nitrogens with zero attached hydrogens (tertiary/aromatic N) is 3. The van der Waals surface area contributed by atoms with E-state index in [2.05, 4.69) is 89.6 Å². The average Bonchev–Trinajstić information content (AvgIpc) is 3.38. The second kappa shape index (κ2) is 11.7. The van der Waals surface area contributed by atoms with E-state index in [1.165, 1.54) is 23.8 Å². The first-order chi connectivity index (χ1) is 21.0. The molecule has 228 valence electrons. The summed E-state index contributed by atoms with van der Waals surface area (Å²) in [4.78, 5) is 39.5. The second-order valence-electron chi connectivity index (χ2n) is 12.9. The van der Waals surface area contributed by atoms with Crippen LogP contribution in [0.25, 0.3) is 32.4 Å². The van der Waals surface area contributed by atoms with E-state index in [4.69, 9.17) is 10.7 Å². The molecule has 5 N–H and O–H groups in total. The molecule has 2 aromatic heterocycles. The number of rotatable bonds is 6. The van der Waals surface area contributed by atoms with Crippen molar-refractivity contribution in [2.45, 2.75) is 53.0 Å². The van der Waals surface area contributed by atoms with Crippen LogP contribution in [0.4, 0.5) is 16.6 Å². The van der Waals surface area contributed by atoms with Crippen LogP contribution >= 0.6 is 11.3 Å². The first kappa shape index (κ1) is 29.8. The van der Waals surface area contributed by atoms with Crippen LogP contribution in [0, 0.1) is 5.41 Å². The topological polar surface area (TPSA) is 129 Å². The van der Waals surface area contributed by atoms with Gasteiger partial charge in [0.15, 0.2) is 10.9 Å². The molecule has 3 heterocycles. The van der Waals surface area contributed by atoms with E-state index in [0.717, 1.165) is 58.6 Å². The van der Waals surface area contributed by atoms with Gasteiger partial charge < -0.3 is 26.3 Å². The van der Waals surface area contributed by atoms with Crippen molar-refractivity contribution in [3.8, 4) is 11.1 Å². The third kappa shape index (κ3) is 5.79. The van der Waals surface area contributed by atoms with Crippen molar-refractivity contribution in [1.82, 2.24) is 20.3 Å². The Morgan fingerprint density at radius 3 is 2.61 bits per heavy atom. The van der Waals surface area contributed by atoms with E-state index in [0.29, 0.717) is 16.2 Å². The Bertz CT molecular complexity index is 1910. The molecular weight excluding hydrogens is 570 g/mol. The van der Waals surface area contributed by atoms with Crippen molar-refractivity contribution in [1.29, 1.82) is 0 Å². The second-order valence-corrected chi connectivity index (χ2v) is 13.9. The summed E-state index contributed by atoms with van der Waals surface area (Å²) in [7, 11) is 0. The summed E-state index contributed by atoms with van der Waals surface area (Å²) < 4.78 is 0.976. The van der Waals surface area contributed by atoms with E-state index in [1.807, 2.05) is 18.2 Å².